The van der Waals surface area contributed by atoms with Gasteiger partial charge in [0.25, 0.3) is 0 Å². The van der Waals surface area contributed by atoms with E-state index in [9.17, 15) is 4.79 Å². The lowest BCUT2D eigenvalue weighted by molar-refractivity contribution is -0.328. The first-order chi connectivity index (χ1) is 20.3. The van der Waals surface area contributed by atoms with E-state index in [1.54, 1.807) is 6.92 Å². The predicted molar refractivity (Wildman–Crippen MR) is 162 cm³/mol. The van der Waals surface area contributed by atoms with E-state index in [1.807, 2.05) is 0 Å². The third kappa shape index (κ3) is 6.90. The Morgan fingerprint density at radius 3 is 1.16 bits per heavy atom. The molecule has 4 bridgehead atoms. The number of esters is 1. The zero-order valence-corrected chi connectivity index (χ0v) is 27.3. The number of carbonyl (C=O) groups excluding carboxylic acids is 1. The molecule has 0 N–H and O–H groups in total. The van der Waals surface area contributed by atoms with Gasteiger partial charge in [-0.05, 0) is 85.5 Å². The highest BCUT2D eigenvalue weighted by Crippen LogP contribution is 2.65. The Hall–Kier alpha value is -1.03. The van der Waals surface area contributed by atoms with Crippen molar-refractivity contribution >= 4 is 5.97 Å². The average molecular weight is 605 g/mol. The topological polar surface area (TPSA) is 81.7 Å². The zero-order valence-electron chi connectivity index (χ0n) is 27.3. The van der Waals surface area contributed by atoms with Crippen LogP contribution in [0.15, 0.2) is 12.2 Å². The van der Waals surface area contributed by atoms with Crippen molar-refractivity contribution in [1.82, 2.24) is 0 Å². The van der Waals surface area contributed by atoms with Crippen LogP contribution >= 0.6 is 0 Å². The van der Waals surface area contributed by atoms with Gasteiger partial charge < -0.3 is 33.2 Å². The highest BCUT2D eigenvalue weighted by Gasteiger charge is 2.72. The van der Waals surface area contributed by atoms with E-state index in [4.69, 9.17) is 33.2 Å². The molecule has 4 aliphatic carbocycles. The van der Waals surface area contributed by atoms with Crippen LogP contribution in [0.1, 0.15) is 124 Å². The molecule has 3 heterocycles. The van der Waals surface area contributed by atoms with Crippen molar-refractivity contribution in [1.29, 1.82) is 0 Å². The van der Waals surface area contributed by atoms with E-state index in [1.165, 1.54) is 0 Å². The molecule has 4 saturated carbocycles. The lowest BCUT2D eigenvalue weighted by Crippen LogP contribution is -2.74. The van der Waals surface area contributed by atoms with Gasteiger partial charge in [-0.2, -0.15) is 0 Å². The Kier molecular flexibility index (Phi) is 8.65. The first-order valence-corrected chi connectivity index (χ1v) is 17.0. The van der Waals surface area contributed by atoms with E-state index >= 15 is 0 Å². The summed E-state index contributed by atoms with van der Waals surface area (Å²) < 4.78 is 44.7. The maximum atomic E-state index is 13.1. The molecule has 3 saturated heterocycles. The number of hydrogen-bond donors (Lipinski definition) is 0. The minimum absolute atomic E-state index is 0.0146. The lowest BCUT2D eigenvalue weighted by Gasteiger charge is -2.68. The molecule has 3 atom stereocenters. The Labute approximate surface area is 258 Å². The number of hydrogen-bond acceptors (Lipinski definition) is 8. The molecular weight excluding hydrogens is 548 g/mol. The minimum atomic E-state index is -0.694. The first-order valence-electron chi connectivity index (χ1n) is 17.0. The molecule has 0 aromatic carbocycles. The van der Waals surface area contributed by atoms with Crippen molar-refractivity contribution in [3.05, 3.63) is 12.2 Å². The van der Waals surface area contributed by atoms with Crippen LogP contribution in [0.3, 0.4) is 0 Å². The fourth-order valence-corrected chi connectivity index (χ4v) is 9.27. The summed E-state index contributed by atoms with van der Waals surface area (Å²) >= 11 is 0. The number of ether oxygens (including phenoxy) is 7. The second kappa shape index (κ2) is 11.6. The largest absolute Gasteiger partial charge is 0.455 e. The monoisotopic (exact) mass is 604 g/mol. The molecule has 8 nitrogen and oxygen atoms in total. The molecular formula is C35H56O8. The molecule has 3 unspecified atom stereocenters. The summed E-state index contributed by atoms with van der Waals surface area (Å²) in [6.45, 7) is 16.7. The van der Waals surface area contributed by atoms with E-state index < -0.39 is 22.4 Å². The molecule has 0 aromatic heterocycles. The van der Waals surface area contributed by atoms with Gasteiger partial charge in [-0.15, -0.1) is 0 Å². The molecule has 43 heavy (non-hydrogen) atoms. The summed E-state index contributed by atoms with van der Waals surface area (Å²) in [7, 11) is 0. The maximum Gasteiger partial charge on any atom is 0.333 e. The minimum Gasteiger partial charge on any atom is -0.455 e. The van der Waals surface area contributed by atoms with Gasteiger partial charge >= 0.3 is 5.97 Å². The molecule has 0 radical (unpaired) electrons. The Morgan fingerprint density at radius 1 is 0.605 bits per heavy atom. The van der Waals surface area contributed by atoms with Crippen LogP contribution in [-0.4, -0.2) is 84.8 Å². The van der Waals surface area contributed by atoms with Crippen molar-refractivity contribution in [3.8, 4) is 0 Å². The van der Waals surface area contributed by atoms with Crippen LogP contribution < -0.4 is 0 Å². The van der Waals surface area contributed by atoms with Crippen molar-refractivity contribution in [2.75, 3.05) is 39.6 Å². The molecule has 0 aromatic rings. The van der Waals surface area contributed by atoms with E-state index in [-0.39, 0.29) is 22.8 Å². The van der Waals surface area contributed by atoms with Crippen LogP contribution in [0.25, 0.3) is 0 Å². The summed E-state index contributed by atoms with van der Waals surface area (Å²) in [6, 6.07) is 0. The molecule has 3 aliphatic heterocycles. The maximum absolute atomic E-state index is 13.1. The number of rotatable bonds is 17. The van der Waals surface area contributed by atoms with Gasteiger partial charge in [-0.25, -0.2) is 4.79 Å². The summed E-state index contributed by atoms with van der Waals surface area (Å²) in [5.74, 6) is -0.331. The standard InChI is InChI=1S/C35H56O8/c1-27(2)28(36)43-35-24-32(40-15-6-9-29(3)12-18-37-29)21-33(25-35,41-16-7-10-30(4)13-19-38-30)23-34(22-32,26-35)42-17-8-11-31(5)14-20-39-31/h1,6-26H2,2-5H3. The normalized spacial score (nSPS) is 44.4. The van der Waals surface area contributed by atoms with Crippen LogP contribution in [0.5, 0.6) is 0 Å². The smallest absolute Gasteiger partial charge is 0.333 e. The molecule has 0 spiro atoms. The van der Waals surface area contributed by atoms with Crippen molar-refractivity contribution in [2.45, 2.75) is 163 Å². The third-order valence-corrected chi connectivity index (χ3v) is 11.5. The third-order valence-electron chi connectivity index (χ3n) is 11.5. The van der Waals surface area contributed by atoms with Crippen molar-refractivity contribution < 1.29 is 38.0 Å². The van der Waals surface area contributed by atoms with Gasteiger partial charge in [0.2, 0.25) is 0 Å². The van der Waals surface area contributed by atoms with Gasteiger partial charge in [0, 0.05) is 63.9 Å². The van der Waals surface area contributed by atoms with Gasteiger partial charge in [-0.3, -0.25) is 0 Å². The van der Waals surface area contributed by atoms with Gasteiger partial charge in [0.05, 0.1) is 53.4 Å². The van der Waals surface area contributed by atoms with Crippen LogP contribution in [0.2, 0.25) is 0 Å². The van der Waals surface area contributed by atoms with Crippen molar-refractivity contribution in [3.63, 3.8) is 0 Å². The molecule has 8 heteroatoms. The summed E-state index contributed by atoms with van der Waals surface area (Å²) in [5.41, 5.74) is -1.70. The van der Waals surface area contributed by atoms with Gasteiger partial charge in [0.1, 0.15) is 5.60 Å². The van der Waals surface area contributed by atoms with Crippen molar-refractivity contribution in [2.24, 2.45) is 0 Å². The highest BCUT2D eigenvalue weighted by molar-refractivity contribution is 5.87. The molecule has 7 rings (SSSR count). The quantitative estimate of drug-likeness (QED) is 0.108. The zero-order chi connectivity index (χ0) is 30.5. The van der Waals surface area contributed by atoms with Gasteiger partial charge in [0.15, 0.2) is 0 Å². The fourth-order valence-electron chi connectivity index (χ4n) is 9.27. The Balaban J connectivity index is 1.20. The van der Waals surface area contributed by atoms with E-state index in [0.717, 1.165) is 96.9 Å². The first kappa shape index (κ1) is 31.9. The predicted octanol–water partition coefficient (Wildman–Crippen LogP) is 6.37. The van der Waals surface area contributed by atoms with E-state index in [2.05, 4.69) is 27.4 Å². The Bertz CT molecular complexity index is 925. The number of carbonyl (C=O) groups is 1. The average Bonchev–Trinajstić information content (AvgIpc) is 2.87. The second-order valence-corrected chi connectivity index (χ2v) is 16.0. The summed E-state index contributed by atoms with van der Waals surface area (Å²) in [5, 5.41) is 0. The highest BCUT2D eigenvalue weighted by atomic mass is 16.6. The molecule has 244 valence electrons. The molecule has 0 amide bonds. The molecule has 7 fully saturated rings. The van der Waals surface area contributed by atoms with E-state index in [0.29, 0.717) is 44.7 Å². The fraction of sp³-hybridized carbons (Fsp3) is 0.914. The van der Waals surface area contributed by atoms with Gasteiger partial charge in [-0.1, -0.05) is 6.58 Å². The Morgan fingerprint density at radius 2 is 0.907 bits per heavy atom. The van der Waals surface area contributed by atoms with Crippen LogP contribution in [0.4, 0.5) is 0 Å². The molecule has 7 aliphatic rings. The van der Waals surface area contributed by atoms with Crippen LogP contribution in [0, 0.1) is 0 Å². The SMILES string of the molecule is C=C(C)C(=O)OC12CC3(OCCCC4(C)CCO4)CC(OCCCC4(C)CCO4)(CC(OCCCC4(C)CCO4)(C3)C1)C2. The lowest BCUT2D eigenvalue weighted by atomic mass is 9.48. The summed E-state index contributed by atoms with van der Waals surface area (Å²) in [4.78, 5) is 13.1. The van der Waals surface area contributed by atoms with Crippen LogP contribution in [-0.2, 0) is 38.0 Å². The summed E-state index contributed by atoms with van der Waals surface area (Å²) in [6.07, 6.45) is 13.6. The second-order valence-electron chi connectivity index (χ2n) is 16.0.